The van der Waals surface area contributed by atoms with E-state index in [2.05, 4.69) is 10.3 Å². The number of carbonyl (C=O) groups excluding carboxylic acids is 1. The van der Waals surface area contributed by atoms with Gasteiger partial charge in [0.15, 0.2) is 0 Å². The Kier molecular flexibility index (Phi) is 9.46. The Labute approximate surface area is 167 Å². The van der Waals surface area contributed by atoms with Gasteiger partial charge in [-0.2, -0.15) is 13.2 Å². The van der Waals surface area contributed by atoms with Gasteiger partial charge >= 0.3 is 6.18 Å². The second-order valence-corrected chi connectivity index (χ2v) is 6.72. The van der Waals surface area contributed by atoms with Gasteiger partial charge in [0.1, 0.15) is 5.82 Å². The lowest BCUT2D eigenvalue weighted by Crippen LogP contribution is -2.35. The molecular weight excluding hydrogens is 416 g/mol. The van der Waals surface area contributed by atoms with Crippen molar-refractivity contribution in [3.8, 4) is 0 Å². The van der Waals surface area contributed by atoms with E-state index in [1.54, 1.807) is 4.90 Å². The largest absolute Gasteiger partial charge is 0.417 e. The van der Waals surface area contributed by atoms with Crippen LogP contribution < -0.4 is 11.1 Å². The number of nitrogens with one attached hydrogen (secondary N) is 1. The second kappa shape index (κ2) is 9.82. The SMILES string of the molecule is CC1(CN)CCN(C(=O)CCNc2ncc(C(F)(F)F)cc2Cl)C1.Cl.Cl. The van der Waals surface area contributed by atoms with Gasteiger partial charge in [0, 0.05) is 32.3 Å². The van der Waals surface area contributed by atoms with Crippen molar-refractivity contribution in [1.82, 2.24) is 9.88 Å². The van der Waals surface area contributed by atoms with E-state index in [1.165, 1.54) is 0 Å². The Bertz CT molecular complexity index is 618. The van der Waals surface area contributed by atoms with Gasteiger partial charge in [0.05, 0.1) is 10.6 Å². The second-order valence-electron chi connectivity index (χ2n) is 6.31. The summed E-state index contributed by atoms with van der Waals surface area (Å²) in [6.45, 7) is 4.12. The third kappa shape index (κ3) is 6.33. The minimum absolute atomic E-state index is 0. The van der Waals surface area contributed by atoms with Crippen molar-refractivity contribution in [2.24, 2.45) is 11.1 Å². The van der Waals surface area contributed by atoms with Crippen LogP contribution in [0.1, 0.15) is 25.3 Å². The van der Waals surface area contributed by atoms with Crippen molar-refractivity contribution >= 4 is 48.1 Å². The lowest BCUT2D eigenvalue weighted by molar-refractivity contribution is -0.137. The highest BCUT2D eigenvalue weighted by atomic mass is 35.5. The van der Waals surface area contributed by atoms with Gasteiger partial charge < -0.3 is 16.0 Å². The number of rotatable bonds is 5. The molecule has 0 aliphatic carbocycles. The summed E-state index contributed by atoms with van der Waals surface area (Å²) in [4.78, 5) is 17.6. The molecule has 1 aliphatic rings. The minimum atomic E-state index is -4.49. The van der Waals surface area contributed by atoms with Crippen molar-refractivity contribution in [2.45, 2.75) is 25.9 Å². The standard InChI is InChI=1S/C15H20ClF3N4O.2ClH/c1-14(8-20)3-5-23(9-14)12(24)2-4-21-13-11(16)6-10(7-22-13)15(17,18)19;;/h6-7H,2-5,8-9,20H2,1H3,(H,21,22);2*1H. The average molecular weight is 438 g/mol. The van der Waals surface area contributed by atoms with Gasteiger partial charge in [-0.15, -0.1) is 24.8 Å². The van der Waals surface area contributed by atoms with Crippen molar-refractivity contribution in [3.63, 3.8) is 0 Å². The molecule has 0 saturated carbocycles. The summed E-state index contributed by atoms with van der Waals surface area (Å²) in [5.41, 5.74) is 4.76. The van der Waals surface area contributed by atoms with E-state index in [0.717, 1.165) is 12.5 Å². The fraction of sp³-hybridized carbons (Fsp3) is 0.600. The third-order valence-electron chi connectivity index (χ3n) is 4.20. The van der Waals surface area contributed by atoms with Crippen LogP contribution >= 0.6 is 36.4 Å². The Balaban J connectivity index is 0.00000312. The molecule has 1 aromatic rings. The zero-order valence-electron chi connectivity index (χ0n) is 14.1. The van der Waals surface area contributed by atoms with Crippen LogP contribution in [0.25, 0.3) is 0 Å². The number of halogens is 6. The molecule has 5 nitrogen and oxygen atoms in total. The normalized spacial score (nSPS) is 19.5. The Morgan fingerprint density at radius 1 is 1.46 bits per heavy atom. The van der Waals surface area contributed by atoms with Crippen molar-refractivity contribution in [1.29, 1.82) is 0 Å². The van der Waals surface area contributed by atoms with E-state index in [-0.39, 0.29) is 59.9 Å². The molecule has 150 valence electrons. The predicted molar refractivity (Wildman–Crippen MR) is 100 cm³/mol. The summed E-state index contributed by atoms with van der Waals surface area (Å²) in [5, 5.41) is 2.67. The Hall–Kier alpha value is -0.960. The summed E-state index contributed by atoms with van der Waals surface area (Å²) in [6, 6.07) is 0.811. The van der Waals surface area contributed by atoms with Crippen molar-refractivity contribution < 1.29 is 18.0 Å². The summed E-state index contributed by atoms with van der Waals surface area (Å²) in [6.07, 6.45) is -2.70. The highest BCUT2D eigenvalue weighted by Gasteiger charge is 2.34. The molecule has 26 heavy (non-hydrogen) atoms. The lowest BCUT2D eigenvalue weighted by atomic mass is 9.90. The maximum atomic E-state index is 12.5. The number of amides is 1. The van der Waals surface area contributed by atoms with E-state index in [0.29, 0.717) is 25.8 Å². The Morgan fingerprint density at radius 2 is 2.12 bits per heavy atom. The molecule has 1 saturated heterocycles. The number of likely N-dealkylation sites (tertiary alicyclic amines) is 1. The molecule has 1 amide bonds. The monoisotopic (exact) mass is 436 g/mol. The number of pyridine rings is 1. The van der Waals surface area contributed by atoms with Crippen LogP contribution in [0, 0.1) is 5.41 Å². The van der Waals surface area contributed by atoms with Crippen LogP contribution in [0.5, 0.6) is 0 Å². The smallest absolute Gasteiger partial charge is 0.368 e. The molecule has 1 fully saturated rings. The van der Waals surface area contributed by atoms with Crippen molar-refractivity contribution in [3.05, 3.63) is 22.8 Å². The summed E-state index contributed by atoms with van der Waals surface area (Å²) in [5.74, 6) is 0.105. The summed E-state index contributed by atoms with van der Waals surface area (Å²) >= 11 is 5.80. The first kappa shape index (κ1) is 25.0. The van der Waals surface area contributed by atoms with Crippen molar-refractivity contribution in [2.75, 3.05) is 31.5 Å². The molecule has 0 spiro atoms. The molecule has 0 aromatic carbocycles. The molecule has 0 radical (unpaired) electrons. The third-order valence-corrected chi connectivity index (χ3v) is 4.49. The van der Waals surface area contributed by atoms with Gasteiger partial charge in [-0.3, -0.25) is 4.79 Å². The molecule has 3 N–H and O–H groups in total. The number of nitrogens with zero attached hydrogens (tertiary/aromatic N) is 2. The number of anilines is 1. The number of nitrogens with two attached hydrogens (primary N) is 1. The first-order valence-electron chi connectivity index (χ1n) is 7.59. The number of hydrogen-bond donors (Lipinski definition) is 2. The molecule has 1 atom stereocenters. The van der Waals surface area contributed by atoms with Crippen LogP contribution in [0.15, 0.2) is 12.3 Å². The van der Waals surface area contributed by atoms with Crippen LogP contribution in [0.3, 0.4) is 0 Å². The van der Waals surface area contributed by atoms with Gasteiger partial charge in [0.25, 0.3) is 0 Å². The van der Waals surface area contributed by atoms with E-state index in [9.17, 15) is 18.0 Å². The zero-order valence-corrected chi connectivity index (χ0v) is 16.5. The maximum absolute atomic E-state index is 12.5. The number of hydrogen-bond acceptors (Lipinski definition) is 4. The quantitative estimate of drug-likeness (QED) is 0.738. The summed E-state index contributed by atoms with van der Waals surface area (Å²) in [7, 11) is 0. The topological polar surface area (TPSA) is 71.2 Å². The molecule has 1 aromatic heterocycles. The van der Waals surface area contributed by atoms with Gasteiger partial charge in [-0.05, 0) is 24.4 Å². The average Bonchev–Trinajstić information content (AvgIpc) is 2.91. The number of alkyl halides is 3. The van der Waals surface area contributed by atoms with E-state index in [4.69, 9.17) is 17.3 Å². The Morgan fingerprint density at radius 3 is 2.62 bits per heavy atom. The molecule has 1 unspecified atom stereocenters. The molecule has 2 rings (SSSR count). The van der Waals surface area contributed by atoms with Gasteiger partial charge in [-0.1, -0.05) is 18.5 Å². The highest BCUT2D eigenvalue weighted by Crippen LogP contribution is 2.32. The minimum Gasteiger partial charge on any atom is -0.368 e. The van der Waals surface area contributed by atoms with E-state index >= 15 is 0 Å². The van der Waals surface area contributed by atoms with E-state index < -0.39 is 11.7 Å². The summed E-state index contributed by atoms with van der Waals surface area (Å²) < 4.78 is 37.6. The van der Waals surface area contributed by atoms with Gasteiger partial charge in [0.2, 0.25) is 5.91 Å². The first-order valence-corrected chi connectivity index (χ1v) is 7.97. The predicted octanol–water partition coefficient (Wildman–Crippen LogP) is 3.60. The van der Waals surface area contributed by atoms with Crippen LogP contribution in [-0.2, 0) is 11.0 Å². The highest BCUT2D eigenvalue weighted by molar-refractivity contribution is 6.32. The molecule has 1 aliphatic heterocycles. The van der Waals surface area contributed by atoms with Crippen LogP contribution in [0.2, 0.25) is 5.02 Å². The fourth-order valence-corrected chi connectivity index (χ4v) is 2.81. The fourth-order valence-electron chi connectivity index (χ4n) is 2.57. The maximum Gasteiger partial charge on any atom is 0.417 e. The zero-order chi connectivity index (χ0) is 18.0. The number of carbonyl (C=O) groups is 1. The molecular formula is C15H22Cl3F3N4O. The van der Waals surface area contributed by atoms with Crippen LogP contribution in [-0.4, -0.2) is 42.0 Å². The van der Waals surface area contributed by atoms with E-state index in [1.807, 2.05) is 6.92 Å². The molecule has 2 heterocycles. The van der Waals surface area contributed by atoms with Crippen LogP contribution in [0.4, 0.5) is 19.0 Å². The first-order chi connectivity index (χ1) is 11.1. The number of aromatic nitrogens is 1. The van der Waals surface area contributed by atoms with Gasteiger partial charge in [-0.25, -0.2) is 4.98 Å². The lowest BCUT2D eigenvalue weighted by Gasteiger charge is -2.22. The molecule has 11 heteroatoms. The molecule has 0 bridgehead atoms.